The highest BCUT2D eigenvalue weighted by molar-refractivity contribution is 7.17. The van der Waals surface area contributed by atoms with E-state index in [1.165, 1.54) is 0 Å². The smallest absolute Gasteiger partial charge is 0.416 e. The average molecular weight is 386 g/mol. The van der Waals surface area contributed by atoms with Crippen LogP contribution >= 0.6 is 34.5 Å². The van der Waals surface area contributed by atoms with Crippen molar-refractivity contribution in [3.8, 4) is 16.5 Å². The monoisotopic (exact) mass is 385 g/mol. The van der Waals surface area contributed by atoms with Gasteiger partial charge < -0.3 is 9.84 Å². The minimum Gasteiger partial charge on any atom is -0.492 e. The van der Waals surface area contributed by atoms with Crippen molar-refractivity contribution in [2.45, 2.75) is 13.1 Å². The van der Waals surface area contributed by atoms with Crippen molar-refractivity contribution >= 4 is 40.5 Å². The zero-order valence-corrected chi connectivity index (χ0v) is 13.7. The standard InChI is InChI=1S/C13H8Cl2F3NO3S/c1-2-22-12(21)9-10(20)19-11(23-9)8-6(14)3-5(4-7(8)15)13(16,17)18/h3-4,20H,2H2,1H3. The number of hydrogen-bond acceptors (Lipinski definition) is 5. The lowest BCUT2D eigenvalue weighted by molar-refractivity contribution is -0.137. The van der Waals surface area contributed by atoms with Crippen molar-refractivity contribution in [3.05, 3.63) is 32.6 Å². The maximum atomic E-state index is 12.7. The van der Waals surface area contributed by atoms with Gasteiger partial charge in [0.1, 0.15) is 5.01 Å². The van der Waals surface area contributed by atoms with E-state index in [0.29, 0.717) is 23.5 Å². The van der Waals surface area contributed by atoms with Gasteiger partial charge in [0.25, 0.3) is 0 Å². The number of aromatic nitrogens is 1. The maximum absolute atomic E-state index is 12.7. The molecule has 1 aromatic heterocycles. The largest absolute Gasteiger partial charge is 0.492 e. The Hall–Kier alpha value is -1.51. The van der Waals surface area contributed by atoms with Gasteiger partial charge in [-0.2, -0.15) is 13.2 Å². The number of alkyl halides is 3. The predicted molar refractivity (Wildman–Crippen MR) is 80.2 cm³/mol. The quantitative estimate of drug-likeness (QED) is 0.753. The lowest BCUT2D eigenvalue weighted by Crippen LogP contribution is -2.05. The molecule has 0 amide bonds. The van der Waals surface area contributed by atoms with Gasteiger partial charge in [-0.3, -0.25) is 0 Å². The SMILES string of the molecule is CCOC(=O)c1sc(-c2c(Cl)cc(C(F)(F)F)cc2Cl)nc1O. The summed E-state index contributed by atoms with van der Waals surface area (Å²) < 4.78 is 42.9. The van der Waals surface area contributed by atoms with Crippen LogP contribution in [0.1, 0.15) is 22.2 Å². The Kier molecular flexibility index (Phi) is 5.07. The van der Waals surface area contributed by atoms with E-state index in [-0.39, 0.29) is 32.1 Å². The van der Waals surface area contributed by atoms with Gasteiger partial charge >= 0.3 is 12.1 Å². The molecule has 0 saturated heterocycles. The number of ether oxygens (including phenoxy) is 1. The van der Waals surface area contributed by atoms with E-state index in [0.717, 1.165) is 0 Å². The molecule has 0 unspecified atom stereocenters. The fourth-order valence-electron chi connectivity index (χ4n) is 1.69. The Morgan fingerprint density at radius 3 is 2.39 bits per heavy atom. The van der Waals surface area contributed by atoms with Crippen LogP contribution in [0.25, 0.3) is 10.6 Å². The summed E-state index contributed by atoms with van der Waals surface area (Å²) in [6, 6.07) is 1.40. The molecule has 0 spiro atoms. The lowest BCUT2D eigenvalue weighted by Gasteiger charge is -2.10. The number of benzene rings is 1. The molecule has 2 aromatic rings. The second-order valence-corrected chi connectivity index (χ2v) is 6.02. The molecule has 0 bridgehead atoms. The summed E-state index contributed by atoms with van der Waals surface area (Å²) in [5.74, 6) is -1.40. The van der Waals surface area contributed by atoms with Crippen LogP contribution in [-0.4, -0.2) is 22.7 Å². The van der Waals surface area contributed by atoms with Crippen LogP contribution in [-0.2, 0) is 10.9 Å². The van der Waals surface area contributed by atoms with Crippen LogP contribution in [0.15, 0.2) is 12.1 Å². The van der Waals surface area contributed by atoms with Crippen molar-refractivity contribution in [2.75, 3.05) is 6.61 Å². The Bertz CT molecular complexity index is 738. The van der Waals surface area contributed by atoms with E-state index in [9.17, 15) is 23.1 Å². The van der Waals surface area contributed by atoms with Gasteiger partial charge in [-0.15, -0.1) is 11.3 Å². The van der Waals surface area contributed by atoms with Crippen LogP contribution in [0.4, 0.5) is 13.2 Å². The van der Waals surface area contributed by atoms with E-state index < -0.39 is 23.6 Å². The molecule has 124 valence electrons. The minimum absolute atomic E-state index is 0.00261. The van der Waals surface area contributed by atoms with Gasteiger partial charge in [-0.1, -0.05) is 23.2 Å². The number of thiazole rings is 1. The second-order valence-electron chi connectivity index (χ2n) is 4.20. The van der Waals surface area contributed by atoms with Gasteiger partial charge in [0.2, 0.25) is 5.88 Å². The molecule has 4 nitrogen and oxygen atoms in total. The summed E-state index contributed by atoms with van der Waals surface area (Å²) in [6.07, 6.45) is -4.60. The first kappa shape index (κ1) is 17.8. The molecular formula is C13H8Cl2F3NO3S. The molecule has 0 saturated carbocycles. The van der Waals surface area contributed by atoms with Crippen molar-refractivity contribution in [3.63, 3.8) is 0 Å². The van der Waals surface area contributed by atoms with E-state index >= 15 is 0 Å². The highest BCUT2D eigenvalue weighted by Crippen LogP contribution is 2.43. The molecule has 0 aliphatic heterocycles. The van der Waals surface area contributed by atoms with Gasteiger partial charge in [0, 0.05) is 5.56 Å². The molecule has 0 aliphatic rings. The van der Waals surface area contributed by atoms with Crippen LogP contribution in [0.5, 0.6) is 5.88 Å². The molecule has 1 heterocycles. The number of hydrogen-bond donors (Lipinski definition) is 1. The number of carbonyl (C=O) groups is 1. The van der Waals surface area contributed by atoms with Gasteiger partial charge in [-0.25, -0.2) is 9.78 Å². The summed E-state index contributed by atoms with van der Waals surface area (Å²) in [6.45, 7) is 1.67. The van der Waals surface area contributed by atoms with Crippen molar-refractivity contribution < 1.29 is 27.8 Å². The molecule has 1 N–H and O–H groups in total. The molecule has 0 fully saturated rings. The van der Waals surface area contributed by atoms with Gasteiger partial charge in [-0.05, 0) is 19.1 Å². The third-order valence-corrected chi connectivity index (χ3v) is 4.29. The van der Waals surface area contributed by atoms with Crippen molar-refractivity contribution in [1.29, 1.82) is 0 Å². The molecule has 1 aromatic carbocycles. The number of nitrogens with zero attached hydrogens (tertiary/aromatic N) is 1. The summed E-state index contributed by atoms with van der Waals surface area (Å²) >= 11 is 12.4. The lowest BCUT2D eigenvalue weighted by atomic mass is 10.1. The first-order valence-corrected chi connectivity index (χ1v) is 7.66. The number of aromatic hydroxyl groups is 1. The third kappa shape index (κ3) is 3.70. The molecule has 2 rings (SSSR count). The van der Waals surface area contributed by atoms with Crippen molar-refractivity contribution in [2.24, 2.45) is 0 Å². The van der Waals surface area contributed by atoms with Crippen LogP contribution < -0.4 is 0 Å². The Morgan fingerprint density at radius 2 is 1.91 bits per heavy atom. The number of esters is 1. The summed E-state index contributed by atoms with van der Waals surface area (Å²) in [5.41, 5.74) is -1.01. The topological polar surface area (TPSA) is 59.4 Å². The van der Waals surface area contributed by atoms with Crippen LogP contribution in [0, 0.1) is 0 Å². The van der Waals surface area contributed by atoms with Crippen molar-refractivity contribution in [1.82, 2.24) is 4.98 Å². The fraction of sp³-hybridized carbons (Fsp3) is 0.231. The molecule has 10 heteroatoms. The normalized spacial score (nSPS) is 11.6. The van der Waals surface area contributed by atoms with E-state index in [4.69, 9.17) is 27.9 Å². The summed E-state index contributed by atoms with van der Waals surface area (Å²) in [4.78, 5) is 15.2. The fourth-order valence-corrected chi connectivity index (χ4v) is 3.39. The highest BCUT2D eigenvalue weighted by atomic mass is 35.5. The van der Waals surface area contributed by atoms with Gasteiger partial charge in [0.15, 0.2) is 4.88 Å². The third-order valence-electron chi connectivity index (χ3n) is 2.65. The molecule has 0 radical (unpaired) electrons. The average Bonchev–Trinajstić information content (AvgIpc) is 2.79. The Labute approximate surface area is 142 Å². The van der Waals surface area contributed by atoms with Gasteiger partial charge in [0.05, 0.1) is 22.2 Å². The second kappa shape index (κ2) is 6.54. The first-order valence-electron chi connectivity index (χ1n) is 6.08. The predicted octanol–water partition coefficient (Wildman–Crippen LogP) is 5.02. The summed E-state index contributed by atoms with van der Waals surface area (Å²) in [7, 11) is 0. The highest BCUT2D eigenvalue weighted by Gasteiger charge is 2.33. The molecule has 23 heavy (non-hydrogen) atoms. The molecule has 0 aliphatic carbocycles. The van der Waals surface area contributed by atoms with E-state index in [1.807, 2.05) is 0 Å². The molecular weight excluding hydrogens is 378 g/mol. The zero-order valence-electron chi connectivity index (χ0n) is 11.4. The maximum Gasteiger partial charge on any atom is 0.416 e. The summed E-state index contributed by atoms with van der Waals surface area (Å²) in [5, 5.41) is 9.10. The number of carbonyl (C=O) groups excluding carboxylic acids is 1. The van der Waals surface area contributed by atoms with Crippen LogP contribution in [0.2, 0.25) is 10.0 Å². The van der Waals surface area contributed by atoms with E-state index in [2.05, 4.69) is 4.98 Å². The molecule has 0 atom stereocenters. The zero-order chi connectivity index (χ0) is 17.4. The number of rotatable bonds is 3. The minimum atomic E-state index is -4.60. The first-order chi connectivity index (χ1) is 10.6. The Morgan fingerprint density at radius 1 is 1.35 bits per heavy atom. The van der Waals surface area contributed by atoms with Crippen LogP contribution in [0.3, 0.4) is 0 Å². The number of halogens is 5. The Balaban J connectivity index is 2.51. The van der Waals surface area contributed by atoms with E-state index in [1.54, 1.807) is 6.92 Å².